The maximum Gasteiger partial charge on any atom is 0.266 e. The number of benzene rings is 2. The Labute approximate surface area is 374 Å². The molecule has 20 nitrogen and oxygen atoms in total. The number of ether oxygens (including phenoxy) is 1. The second-order valence-electron chi connectivity index (χ2n) is 12.5. The minimum atomic E-state index is -1.05. The molecule has 0 radical (unpaired) electrons. The molecule has 2 aromatic carbocycles. The largest absolute Gasteiger partial charge is 0.507 e. The highest BCUT2D eigenvalue weighted by Gasteiger charge is 2.47. The van der Waals surface area contributed by atoms with Gasteiger partial charge in [-0.2, -0.15) is 0 Å². The van der Waals surface area contributed by atoms with Gasteiger partial charge in [-0.1, -0.05) is 50.9 Å². The van der Waals surface area contributed by atoms with Crippen molar-refractivity contribution >= 4 is 112 Å². The summed E-state index contributed by atoms with van der Waals surface area (Å²) in [6, 6.07) is 6.59. The summed E-state index contributed by atoms with van der Waals surface area (Å²) in [4.78, 5) is 129. The number of nitrogens with one attached hydrogen (secondary N) is 4. The number of halogens is 3. The van der Waals surface area contributed by atoms with Crippen LogP contribution in [0.25, 0.3) is 0 Å². The number of amides is 10. The van der Waals surface area contributed by atoms with Crippen LogP contribution in [0.5, 0.6) is 11.5 Å². The minimum Gasteiger partial charge on any atom is -0.507 e. The van der Waals surface area contributed by atoms with Gasteiger partial charge >= 0.3 is 0 Å². The Bertz CT molecular complexity index is 2050. The number of carbonyl (C=O) groups is 11. The molecule has 2 unspecified atom stereocenters. The second-order valence-corrected chi connectivity index (χ2v) is 14.5. The van der Waals surface area contributed by atoms with E-state index in [4.69, 9.17) is 10.5 Å². The van der Waals surface area contributed by atoms with Crippen molar-refractivity contribution in [3.8, 4) is 11.5 Å². The zero-order chi connectivity index (χ0) is 46.0. The maximum atomic E-state index is 12.8. The number of hydrogen-bond donors (Lipinski definition) is 6. The summed E-state index contributed by atoms with van der Waals surface area (Å²) < 4.78 is 5.38. The molecule has 2 aromatic rings. The molecule has 4 aliphatic heterocycles. The highest BCUT2D eigenvalue weighted by Crippen LogP contribution is 2.34. The van der Waals surface area contributed by atoms with Crippen LogP contribution in [0.1, 0.15) is 87.9 Å². The molecule has 2 atom stereocenters. The molecule has 61 heavy (non-hydrogen) atoms. The summed E-state index contributed by atoms with van der Waals surface area (Å²) in [5, 5.41) is 19.9. The third-order valence-electron chi connectivity index (χ3n) is 8.21. The molecule has 10 amide bonds. The smallest absolute Gasteiger partial charge is 0.266 e. The average molecular weight is 1050 g/mol. The molecule has 6 rings (SSSR count). The van der Waals surface area contributed by atoms with Gasteiger partial charge in [0, 0.05) is 25.9 Å². The molecule has 7 N–H and O–H groups in total. The predicted molar refractivity (Wildman–Crippen MR) is 227 cm³/mol. The summed E-state index contributed by atoms with van der Waals surface area (Å²) in [5.41, 5.74) is 4.95. The average Bonchev–Trinajstić information content (AvgIpc) is 3.63. The molecule has 0 aromatic heterocycles. The number of piperidine rings is 2. The first-order chi connectivity index (χ1) is 28.9. The lowest BCUT2D eigenvalue weighted by Crippen LogP contribution is -2.54. The summed E-state index contributed by atoms with van der Waals surface area (Å²) in [6.45, 7) is 7.16. The van der Waals surface area contributed by atoms with Gasteiger partial charge in [-0.25, -0.2) is 0 Å². The van der Waals surface area contributed by atoms with E-state index in [1.54, 1.807) is 6.92 Å². The van der Waals surface area contributed by atoms with Gasteiger partial charge in [0.25, 0.3) is 29.5 Å². The first-order valence-corrected chi connectivity index (χ1v) is 21.5. The fraction of sp³-hybridized carbons (Fsp3) is 0.395. The molecule has 23 heteroatoms. The second kappa shape index (κ2) is 25.4. The Morgan fingerprint density at radius 2 is 1.15 bits per heavy atom. The monoisotopic (exact) mass is 1040 g/mol. The van der Waals surface area contributed by atoms with Crippen molar-refractivity contribution < 1.29 is 62.6 Å². The summed E-state index contributed by atoms with van der Waals surface area (Å²) in [6.07, 6.45) is 0.280. The van der Waals surface area contributed by atoms with E-state index >= 15 is 0 Å². The first-order valence-electron chi connectivity index (χ1n) is 18.5. The van der Waals surface area contributed by atoms with Gasteiger partial charge in [-0.3, -0.25) is 73.2 Å². The number of alkyl halides is 2. The fourth-order valence-electron chi connectivity index (χ4n) is 5.74. The van der Waals surface area contributed by atoms with Crippen molar-refractivity contribution in [2.75, 3.05) is 36.9 Å². The molecule has 2 fully saturated rings. The Morgan fingerprint density at radius 1 is 0.721 bits per heavy atom. The van der Waals surface area contributed by atoms with E-state index in [0.717, 1.165) is 16.3 Å². The molecule has 0 bridgehead atoms. The Hall–Kier alpha value is -5.39. The standard InChI is InChI=1S/C17H17N3O6.C13H10N2O5.C4H8BrNO.C2H2Br2O.C2H7N/c1-2-18-13(22)8-26-11-5-3-4-9-14(11)17(25)20(16(9)24)10-6-7-12(21)19-15(10)23;16-8-3-1-2-6-10(8)13(20)15(12(6)19)7-4-5-9(17)14-11(7)18;1-2-6-4(7)3-5;3-1-2(4)5;1-2-3/h3-5,10H,2,6-8H2,1H3,(H,18,22)(H,19,21,23);1-3,7,16H,4-5H2,(H,14,17,18);2-3H2,1H3,(H,6,7);1H2;2-3H2,1H3. The number of carbonyl (C=O) groups excluding carboxylic acids is 11. The lowest BCUT2D eigenvalue weighted by molar-refractivity contribution is -0.137. The predicted octanol–water partition coefficient (Wildman–Crippen LogP) is 1.18. The minimum absolute atomic E-state index is 0.0162. The van der Waals surface area contributed by atoms with Crippen molar-refractivity contribution in [2.24, 2.45) is 5.73 Å². The number of phenols is 1. The molecular formula is C38H44Br3N7O13. The number of likely N-dealkylation sites (N-methyl/N-ethyl adjacent to an activating group) is 1. The van der Waals surface area contributed by atoms with Crippen molar-refractivity contribution in [1.82, 2.24) is 31.1 Å². The van der Waals surface area contributed by atoms with Crippen molar-refractivity contribution in [2.45, 2.75) is 58.5 Å². The van der Waals surface area contributed by atoms with Gasteiger partial charge in [0.15, 0.2) is 6.61 Å². The molecule has 0 aliphatic carbocycles. The SMILES string of the molecule is CCN.CCNC(=O)CBr.CCNC(=O)COc1cccc2c1C(=O)N(C1CCC(=O)NC1=O)C2=O.O=C(Br)CBr.O=C1CCC(N2C(=O)c3cccc(O)c3C2=O)C(=O)N1. The molecule has 0 spiro atoms. The highest BCUT2D eigenvalue weighted by molar-refractivity contribution is 9.19. The van der Waals surface area contributed by atoms with Gasteiger partial charge in [0.2, 0.25) is 34.2 Å². The number of rotatable bonds is 9. The van der Waals surface area contributed by atoms with Crippen LogP contribution in [0.3, 0.4) is 0 Å². The number of hydrogen-bond acceptors (Lipinski definition) is 14. The maximum absolute atomic E-state index is 12.8. The zero-order valence-corrected chi connectivity index (χ0v) is 37.9. The summed E-state index contributed by atoms with van der Waals surface area (Å²) >= 11 is 8.61. The van der Waals surface area contributed by atoms with Gasteiger partial charge in [-0.15, -0.1) is 0 Å². The van der Waals surface area contributed by atoms with Crippen LogP contribution in [0.15, 0.2) is 36.4 Å². The van der Waals surface area contributed by atoms with Gasteiger partial charge in [0.1, 0.15) is 23.6 Å². The van der Waals surface area contributed by atoms with Crippen LogP contribution in [0.2, 0.25) is 0 Å². The van der Waals surface area contributed by atoms with Crippen molar-refractivity contribution in [3.05, 3.63) is 58.7 Å². The molecule has 0 saturated carbocycles. The molecule has 330 valence electrons. The van der Waals surface area contributed by atoms with E-state index in [2.05, 4.69) is 69.1 Å². The number of imide groups is 4. The van der Waals surface area contributed by atoms with Crippen molar-refractivity contribution in [1.29, 1.82) is 0 Å². The van der Waals surface area contributed by atoms with E-state index in [1.807, 2.05) is 13.8 Å². The van der Waals surface area contributed by atoms with Crippen LogP contribution in [0, 0.1) is 0 Å². The third-order valence-corrected chi connectivity index (χ3v) is 10.3. The number of phenolic OH excluding ortho intramolecular Hbond substituents is 1. The van der Waals surface area contributed by atoms with Crippen LogP contribution in [0.4, 0.5) is 0 Å². The Kier molecular flexibility index (Phi) is 21.5. The van der Waals surface area contributed by atoms with E-state index in [1.165, 1.54) is 36.4 Å². The zero-order valence-electron chi connectivity index (χ0n) is 33.1. The molecule has 2 saturated heterocycles. The number of nitrogens with two attached hydrogens (primary N) is 1. The fourth-order valence-corrected chi connectivity index (χ4v) is 5.94. The van der Waals surface area contributed by atoms with Crippen LogP contribution < -0.4 is 31.7 Å². The lowest BCUT2D eigenvalue weighted by Gasteiger charge is -2.27. The summed E-state index contributed by atoms with van der Waals surface area (Å²) in [7, 11) is 0. The van der Waals surface area contributed by atoms with Crippen molar-refractivity contribution in [3.63, 3.8) is 0 Å². The molecule has 4 heterocycles. The quantitative estimate of drug-likeness (QED) is 0.117. The lowest BCUT2D eigenvalue weighted by atomic mass is 10.0. The van der Waals surface area contributed by atoms with Gasteiger partial charge < -0.3 is 26.2 Å². The van der Waals surface area contributed by atoms with Crippen LogP contribution in [-0.2, 0) is 33.6 Å². The highest BCUT2D eigenvalue weighted by atomic mass is 79.9. The summed E-state index contributed by atoms with van der Waals surface area (Å²) in [5.74, 6) is -5.36. The van der Waals surface area contributed by atoms with Crippen LogP contribution in [-0.4, -0.2) is 128 Å². The molecule has 4 aliphatic rings. The number of fused-ring (bicyclic) bond motifs is 2. The van der Waals surface area contributed by atoms with E-state index in [0.29, 0.717) is 23.7 Å². The number of nitrogens with zero attached hydrogens (tertiary/aromatic N) is 2. The topological polar surface area (TPSA) is 298 Å². The first kappa shape index (κ1) is 51.8. The Morgan fingerprint density at radius 3 is 1.54 bits per heavy atom. The van der Waals surface area contributed by atoms with Crippen LogP contribution >= 0.6 is 47.8 Å². The van der Waals surface area contributed by atoms with Gasteiger partial charge in [0.05, 0.1) is 32.9 Å². The van der Waals surface area contributed by atoms with E-state index in [9.17, 15) is 57.8 Å². The van der Waals surface area contributed by atoms with E-state index < -0.39 is 59.3 Å². The van der Waals surface area contributed by atoms with Gasteiger partial charge in [-0.05, 0) is 73.4 Å². The normalized spacial score (nSPS) is 17.3. The Balaban J connectivity index is 0.000000321. The third kappa shape index (κ3) is 14.1. The number of aromatic hydroxyl groups is 1. The van der Waals surface area contributed by atoms with E-state index in [-0.39, 0.29) is 82.5 Å². The molecular weight excluding hydrogens is 1000 g/mol.